The average molecular weight is 410 g/mol. The number of carbonyl (C=O) groups excluding carboxylic acids is 1. The van der Waals surface area contributed by atoms with Crippen molar-refractivity contribution in [1.82, 2.24) is 5.43 Å². The summed E-state index contributed by atoms with van der Waals surface area (Å²) in [4.78, 5) is 11.8. The molecule has 24 heavy (non-hydrogen) atoms. The normalized spacial score (nSPS) is 11.2. The van der Waals surface area contributed by atoms with Crippen LogP contribution in [0.1, 0.15) is 25.0 Å². The van der Waals surface area contributed by atoms with E-state index in [9.17, 15) is 4.79 Å². The molecule has 0 radical (unpaired) electrons. The van der Waals surface area contributed by atoms with E-state index >= 15 is 0 Å². The number of nitrogens with zero attached hydrogens (tertiary/aromatic N) is 1. The van der Waals surface area contributed by atoms with Crippen molar-refractivity contribution in [2.24, 2.45) is 5.10 Å². The first-order chi connectivity index (χ1) is 11.5. The summed E-state index contributed by atoms with van der Waals surface area (Å²) in [7, 11) is 0. The van der Waals surface area contributed by atoms with Gasteiger partial charge in [-0.05, 0) is 58.6 Å². The molecule has 0 aromatic heterocycles. The topological polar surface area (TPSA) is 50.7 Å². The smallest absolute Gasteiger partial charge is 0.277 e. The van der Waals surface area contributed by atoms with E-state index in [2.05, 4.69) is 45.5 Å². The van der Waals surface area contributed by atoms with Gasteiger partial charge in [0.15, 0.2) is 6.61 Å². The van der Waals surface area contributed by atoms with Crippen molar-refractivity contribution in [2.45, 2.75) is 20.3 Å². The molecule has 126 valence electrons. The van der Waals surface area contributed by atoms with Crippen LogP contribution in [0.25, 0.3) is 0 Å². The fourth-order valence-electron chi connectivity index (χ4n) is 1.96. The third kappa shape index (κ3) is 5.35. The van der Waals surface area contributed by atoms with E-state index in [1.807, 2.05) is 19.1 Å². The largest absolute Gasteiger partial charge is 0.483 e. The molecule has 2 rings (SSSR count). The second kappa shape index (κ2) is 8.85. The van der Waals surface area contributed by atoms with Crippen LogP contribution in [0.4, 0.5) is 0 Å². The van der Waals surface area contributed by atoms with Gasteiger partial charge in [0.05, 0.1) is 10.2 Å². The van der Waals surface area contributed by atoms with Crippen LogP contribution in [-0.4, -0.2) is 18.2 Å². The second-order valence-corrected chi connectivity index (χ2v) is 6.44. The predicted octanol–water partition coefficient (Wildman–Crippen LogP) is 4.58. The molecule has 4 nitrogen and oxygen atoms in total. The molecule has 1 N–H and O–H groups in total. The summed E-state index contributed by atoms with van der Waals surface area (Å²) in [5.41, 5.74) is 5.46. The minimum atomic E-state index is -0.332. The Balaban J connectivity index is 1.89. The molecule has 0 aliphatic carbocycles. The first-order valence-corrected chi connectivity index (χ1v) is 8.67. The Morgan fingerprint density at radius 2 is 1.96 bits per heavy atom. The van der Waals surface area contributed by atoms with Gasteiger partial charge in [-0.25, -0.2) is 5.43 Å². The van der Waals surface area contributed by atoms with Gasteiger partial charge in [0.2, 0.25) is 0 Å². The Hall–Kier alpha value is -1.85. The van der Waals surface area contributed by atoms with Crippen LogP contribution in [0.5, 0.6) is 5.75 Å². The Kier molecular flexibility index (Phi) is 6.82. The standard InChI is InChI=1S/C18H18BrClN2O2/c1-3-13-4-6-14(7-5-13)12(2)21-22-18(23)11-24-17-9-8-15(20)10-16(17)19/h4-10H,3,11H2,1-2H3,(H,22,23)/b21-12+. The maximum absolute atomic E-state index is 11.8. The van der Waals surface area contributed by atoms with E-state index in [-0.39, 0.29) is 12.5 Å². The Morgan fingerprint density at radius 3 is 2.58 bits per heavy atom. The van der Waals surface area contributed by atoms with E-state index in [1.54, 1.807) is 18.2 Å². The van der Waals surface area contributed by atoms with Crippen molar-refractivity contribution in [3.8, 4) is 5.75 Å². The number of hydrogen-bond acceptors (Lipinski definition) is 3. The van der Waals surface area contributed by atoms with Crippen molar-refractivity contribution in [2.75, 3.05) is 6.61 Å². The van der Waals surface area contributed by atoms with Crippen LogP contribution in [0.15, 0.2) is 52.0 Å². The number of amides is 1. The summed E-state index contributed by atoms with van der Waals surface area (Å²) in [5, 5.41) is 4.69. The molecule has 0 bridgehead atoms. The van der Waals surface area contributed by atoms with E-state index in [4.69, 9.17) is 16.3 Å². The first kappa shape index (κ1) is 18.5. The number of nitrogens with one attached hydrogen (secondary N) is 1. The zero-order valence-electron chi connectivity index (χ0n) is 13.5. The number of rotatable bonds is 6. The van der Waals surface area contributed by atoms with Gasteiger partial charge in [-0.2, -0.15) is 5.10 Å². The van der Waals surface area contributed by atoms with E-state index < -0.39 is 0 Å². The Morgan fingerprint density at radius 1 is 1.25 bits per heavy atom. The number of aryl methyl sites for hydroxylation is 1. The molecular weight excluding hydrogens is 392 g/mol. The summed E-state index contributed by atoms with van der Waals surface area (Å²) >= 11 is 9.19. The van der Waals surface area contributed by atoms with Gasteiger partial charge < -0.3 is 4.74 Å². The van der Waals surface area contributed by atoms with Crippen molar-refractivity contribution < 1.29 is 9.53 Å². The maximum atomic E-state index is 11.8. The van der Waals surface area contributed by atoms with Crippen LogP contribution in [-0.2, 0) is 11.2 Å². The van der Waals surface area contributed by atoms with Gasteiger partial charge in [0, 0.05) is 5.02 Å². The van der Waals surface area contributed by atoms with Gasteiger partial charge in [0.1, 0.15) is 5.75 Å². The third-order valence-electron chi connectivity index (χ3n) is 3.38. The van der Waals surface area contributed by atoms with Crippen molar-refractivity contribution in [3.63, 3.8) is 0 Å². The zero-order chi connectivity index (χ0) is 17.5. The molecule has 2 aromatic rings. The molecule has 0 unspecified atom stereocenters. The summed E-state index contributed by atoms with van der Waals surface area (Å²) < 4.78 is 6.13. The number of halogens is 2. The highest BCUT2D eigenvalue weighted by Crippen LogP contribution is 2.27. The highest BCUT2D eigenvalue weighted by atomic mass is 79.9. The van der Waals surface area contributed by atoms with Crippen LogP contribution < -0.4 is 10.2 Å². The zero-order valence-corrected chi connectivity index (χ0v) is 15.8. The van der Waals surface area contributed by atoms with Crippen LogP contribution in [0.3, 0.4) is 0 Å². The maximum Gasteiger partial charge on any atom is 0.277 e. The number of benzene rings is 2. The summed E-state index contributed by atoms with van der Waals surface area (Å²) in [6.07, 6.45) is 0.991. The lowest BCUT2D eigenvalue weighted by atomic mass is 10.1. The van der Waals surface area contributed by atoms with Gasteiger partial charge in [-0.1, -0.05) is 42.8 Å². The summed E-state index contributed by atoms with van der Waals surface area (Å²) in [6.45, 7) is 3.82. The highest BCUT2D eigenvalue weighted by Gasteiger charge is 2.06. The predicted molar refractivity (Wildman–Crippen MR) is 101 cm³/mol. The van der Waals surface area contributed by atoms with E-state index in [0.29, 0.717) is 15.2 Å². The van der Waals surface area contributed by atoms with Crippen LogP contribution >= 0.6 is 27.5 Å². The molecule has 0 saturated carbocycles. The summed E-state index contributed by atoms with van der Waals surface area (Å²) in [5.74, 6) is 0.215. The molecule has 0 aliphatic rings. The molecule has 0 atom stereocenters. The minimum absolute atomic E-state index is 0.133. The fourth-order valence-corrected chi connectivity index (χ4v) is 2.76. The molecule has 0 saturated heterocycles. The molecule has 0 heterocycles. The molecule has 0 fully saturated rings. The molecule has 0 spiro atoms. The average Bonchev–Trinajstić information content (AvgIpc) is 2.59. The lowest BCUT2D eigenvalue weighted by Gasteiger charge is -2.08. The highest BCUT2D eigenvalue weighted by molar-refractivity contribution is 9.10. The number of hydrazone groups is 1. The van der Waals surface area contributed by atoms with Crippen molar-refractivity contribution in [1.29, 1.82) is 0 Å². The molecular formula is C18H18BrClN2O2. The molecule has 0 aliphatic heterocycles. The quantitative estimate of drug-likeness (QED) is 0.560. The molecule has 2 aromatic carbocycles. The van der Waals surface area contributed by atoms with E-state index in [0.717, 1.165) is 17.7 Å². The number of ether oxygens (including phenoxy) is 1. The number of hydrogen-bond donors (Lipinski definition) is 1. The third-order valence-corrected chi connectivity index (χ3v) is 4.24. The molecule has 1 amide bonds. The lowest BCUT2D eigenvalue weighted by molar-refractivity contribution is -0.123. The second-order valence-electron chi connectivity index (χ2n) is 5.15. The SMILES string of the molecule is CCc1ccc(/C(C)=N/NC(=O)COc2ccc(Cl)cc2Br)cc1. The van der Waals surface area contributed by atoms with Gasteiger partial charge in [0.25, 0.3) is 5.91 Å². The monoisotopic (exact) mass is 408 g/mol. The molecule has 6 heteroatoms. The van der Waals surface area contributed by atoms with Gasteiger partial charge in [-0.3, -0.25) is 4.79 Å². The van der Waals surface area contributed by atoms with Crippen LogP contribution in [0, 0.1) is 0 Å². The van der Waals surface area contributed by atoms with Crippen molar-refractivity contribution in [3.05, 3.63) is 63.1 Å². The number of carbonyl (C=O) groups is 1. The Bertz CT molecular complexity index is 745. The fraction of sp³-hybridized carbons (Fsp3) is 0.222. The lowest BCUT2D eigenvalue weighted by Crippen LogP contribution is -2.25. The van der Waals surface area contributed by atoms with Gasteiger partial charge >= 0.3 is 0 Å². The summed E-state index contributed by atoms with van der Waals surface area (Å²) in [6, 6.07) is 13.2. The minimum Gasteiger partial charge on any atom is -0.483 e. The Labute approximate surface area is 155 Å². The van der Waals surface area contributed by atoms with Crippen LogP contribution in [0.2, 0.25) is 5.02 Å². The van der Waals surface area contributed by atoms with Gasteiger partial charge in [-0.15, -0.1) is 0 Å². The van der Waals surface area contributed by atoms with Crippen molar-refractivity contribution >= 4 is 39.1 Å². The van der Waals surface area contributed by atoms with E-state index in [1.165, 1.54) is 5.56 Å². The first-order valence-electron chi connectivity index (χ1n) is 7.50.